The summed E-state index contributed by atoms with van der Waals surface area (Å²) in [4.78, 5) is 37.7. The topological polar surface area (TPSA) is 95.9 Å². The summed E-state index contributed by atoms with van der Waals surface area (Å²) in [5.74, 6) is -2.36. The average molecular weight is 384 g/mol. The van der Waals surface area contributed by atoms with Crippen LogP contribution in [0.15, 0.2) is 24.3 Å². The minimum Gasteiger partial charge on any atom is -0.481 e. The fourth-order valence-corrected chi connectivity index (χ4v) is 2.78. The van der Waals surface area contributed by atoms with Crippen LogP contribution in [0.2, 0.25) is 0 Å². The number of carboxylic acids is 1. The molecule has 148 valence electrons. The van der Waals surface area contributed by atoms with Crippen LogP contribution in [0.5, 0.6) is 5.75 Å². The summed E-state index contributed by atoms with van der Waals surface area (Å²) in [6.07, 6.45) is 0.979. The molecular weight excluding hydrogens is 362 g/mol. The van der Waals surface area contributed by atoms with Crippen molar-refractivity contribution in [1.82, 2.24) is 10.2 Å². The highest BCUT2D eigenvalue weighted by Crippen LogP contribution is 2.26. The Kier molecular flexibility index (Phi) is 6.35. The maximum absolute atomic E-state index is 12.8. The molecule has 1 aliphatic heterocycles. The Morgan fingerprint density at radius 1 is 1.33 bits per heavy atom. The molecule has 1 aromatic rings. The number of hydrogen-bond donors (Lipinski definition) is 2. The molecule has 9 heteroatoms. The highest BCUT2D eigenvalue weighted by molar-refractivity contribution is 6.00. The van der Waals surface area contributed by atoms with Gasteiger partial charge in [-0.15, -0.1) is 0 Å². The Hall–Kier alpha value is -2.71. The van der Waals surface area contributed by atoms with Gasteiger partial charge >= 0.3 is 12.6 Å². The number of nitrogens with zero attached hydrogens (tertiary/aromatic N) is 1. The molecule has 27 heavy (non-hydrogen) atoms. The second-order valence-corrected chi connectivity index (χ2v) is 6.94. The lowest BCUT2D eigenvalue weighted by molar-refractivity contribution is -0.146. The lowest BCUT2D eigenvalue weighted by atomic mass is 9.94. The number of amides is 2. The Morgan fingerprint density at radius 2 is 2.00 bits per heavy atom. The van der Waals surface area contributed by atoms with E-state index in [0.717, 1.165) is 0 Å². The fraction of sp³-hybridized carbons (Fsp3) is 0.500. The Bertz CT molecular complexity index is 723. The van der Waals surface area contributed by atoms with E-state index in [9.17, 15) is 23.2 Å². The highest BCUT2D eigenvalue weighted by Gasteiger charge is 2.37. The minimum atomic E-state index is -3.07. The molecule has 1 fully saturated rings. The van der Waals surface area contributed by atoms with E-state index in [1.54, 1.807) is 0 Å². The molecule has 0 aliphatic carbocycles. The molecule has 0 bridgehead atoms. The molecule has 1 heterocycles. The largest absolute Gasteiger partial charge is 0.481 e. The van der Waals surface area contributed by atoms with Gasteiger partial charge in [0.25, 0.3) is 5.91 Å². The summed E-state index contributed by atoms with van der Waals surface area (Å²) in [5.41, 5.74) is -1.20. The number of benzene rings is 1. The van der Waals surface area contributed by atoms with Crippen LogP contribution >= 0.6 is 0 Å². The molecule has 0 aromatic heterocycles. The van der Waals surface area contributed by atoms with Crippen molar-refractivity contribution < 1.29 is 33.0 Å². The smallest absolute Gasteiger partial charge is 0.387 e. The number of ether oxygens (including phenoxy) is 1. The van der Waals surface area contributed by atoms with E-state index in [2.05, 4.69) is 10.1 Å². The summed E-state index contributed by atoms with van der Waals surface area (Å²) in [6.45, 7) is 0.0818. The van der Waals surface area contributed by atoms with Gasteiger partial charge in [0, 0.05) is 13.1 Å². The SMILES string of the molecule is CC(C)(CNC(=O)C1CCCN1C(=O)c1ccccc1OC(F)F)C(=O)O. The Labute approximate surface area is 155 Å². The molecule has 1 aromatic carbocycles. The number of hydrogen-bond acceptors (Lipinski definition) is 4. The number of carboxylic acid groups (broad SMARTS) is 1. The van der Waals surface area contributed by atoms with Crippen LogP contribution in [0.25, 0.3) is 0 Å². The first-order valence-electron chi connectivity index (χ1n) is 8.49. The van der Waals surface area contributed by atoms with Crippen LogP contribution in [-0.2, 0) is 9.59 Å². The van der Waals surface area contributed by atoms with E-state index in [1.165, 1.54) is 43.0 Å². The molecule has 1 unspecified atom stereocenters. The second-order valence-electron chi connectivity index (χ2n) is 6.94. The number of rotatable bonds is 7. The molecule has 2 amide bonds. The van der Waals surface area contributed by atoms with E-state index in [-0.39, 0.29) is 17.9 Å². The van der Waals surface area contributed by atoms with Gasteiger partial charge < -0.3 is 20.1 Å². The van der Waals surface area contributed by atoms with Crippen LogP contribution in [0.1, 0.15) is 37.0 Å². The first-order valence-corrected chi connectivity index (χ1v) is 8.49. The van der Waals surface area contributed by atoms with Crippen molar-refractivity contribution in [2.45, 2.75) is 39.3 Å². The quantitative estimate of drug-likeness (QED) is 0.751. The molecule has 2 N–H and O–H groups in total. The van der Waals surface area contributed by atoms with Gasteiger partial charge in [-0.05, 0) is 38.8 Å². The number of alkyl halides is 2. The summed E-state index contributed by atoms with van der Waals surface area (Å²) in [5, 5.41) is 11.7. The maximum atomic E-state index is 12.8. The van der Waals surface area contributed by atoms with Crippen molar-refractivity contribution in [1.29, 1.82) is 0 Å². The van der Waals surface area contributed by atoms with Gasteiger partial charge in [0.2, 0.25) is 5.91 Å². The fourth-order valence-electron chi connectivity index (χ4n) is 2.78. The zero-order valence-electron chi connectivity index (χ0n) is 15.1. The third-order valence-corrected chi connectivity index (χ3v) is 4.43. The van der Waals surface area contributed by atoms with Crippen LogP contribution in [0, 0.1) is 5.41 Å². The van der Waals surface area contributed by atoms with Gasteiger partial charge in [0.05, 0.1) is 11.0 Å². The number of nitrogens with one attached hydrogen (secondary N) is 1. The molecule has 0 saturated carbocycles. The second kappa shape index (κ2) is 8.32. The zero-order chi connectivity index (χ0) is 20.2. The number of carbonyl (C=O) groups is 3. The Balaban J connectivity index is 2.13. The monoisotopic (exact) mass is 384 g/mol. The molecule has 0 radical (unpaired) electrons. The summed E-state index contributed by atoms with van der Waals surface area (Å²) < 4.78 is 29.5. The molecule has 0 spiro atoms. The number of carbonyl (C=O) groups excluding carboxylic acids is 2. The molecular formula is C18H22F2N2O5. The molecule has 1 atom stereocenters. The van der Waals surface area contributed by atoms with Gasteiger partial charge in [0.15, 0.2) is 0 Å². The van der Waals surface area contributed by atoms with Crippen LogP contribution in [0.4, 0.5) is 8.78 Å². The number of likely N-dealkylation sites (tertiary alicyclic amines) is 1. The lowest BCUT2D eigenvalue weighted by Crippen LogP contribution is -2.49. The molecule has 1 aliphatic rings. The summed E-state index contributed by atoms with van der Waals surface area (Å²) in [7, 11) is 0. The number of halogens is 2. The van der Waals surface area contributed by atoms with Crippen molar-refractivity contribution in [3.8, 4) is 5.75 Å². The van der Waals surface area contributed by atoms with Crippen molar-refractivity contribution in [3.05, 3.63) is 29.8 Å². The molecule has 7 nitrogen and oxygen atoms in total. The van der Waals surface area contributed by atoms with Crippen molar-refractivity contribution in [3.63, 3.8) is 0 Å². The number of para-hydroxylation sites is 1. The predicted molar refractivity (Wildman–Crippen MR) is 91.6 cm³/mol. The van der Waals surface area contributed by atoms with Crippen LogP contribution < -0.4 is 10.1 Å². The first-order chi connectivity index (χ1) is 12.6. The van der Waals surface area contributed by atoms with Crippen molar-refractivity contribution >= 4 is 17.8 Å². The third kappa shape index (κ3) is 4.93. The number of aliphatic carboxylic acids is 1. The molecule has 1 saturated heterocycles. The zero-order valence-corrected chi connectivity index (χ0v) is 15.1. The van der Waals surface area contributed by atoms with Gasteiger partial charge in [0.1, 0.15) is 11.8 Å². The Morgan fingerprint density at radius 3 is 2.63 bits per heavy atom. The lowest BCUT2D eigenvalue weighted by Gasteiger charge is -2.26. The van der Waals surface area contributed by atoms with E-state index in [0.29, 0.717) is 19.4 Å². The average Bonchev–Trinajstić information content (AvgIpc) is 3.08. The van der Waals surface area contributed by atoms with Gasteiger partial charge in [-0.2, -0.15) is 8.78 Å². The minimum absolute atomic E-state index is 0.0524. The van der Waals surface area contributed by atoms with Crippen LogP contribution in [-0.4, -0.2) is 53.5 Å². The van der Waals surface area contributed by atoms with E-state index < -0.39 is 35.9 Å². The van der Waals surface area contributed by atoms with Gasteiger partial charge in [-0.3, -0.25) is 14.4 Å². The van der Waals surface area contributed by atoms with E-state index >= 15 is 0 Å². The first kappa shape index (κ1) is 20.6. The van der Waals surface area contributed by atoms with E-state index in [1.807, 2.05) is 0 Å². The standard InChI is InChI=1S/C18H22F2N2O5/c1-18(2,16(25)26)10-21-14(23)12-7-5-9-22(12)15(24)11-6-3-4-8-13(11)27-17(19)20/h3-4,6,8,12,17H,5,7,9-10H2,1-2H3,(H,21,23)(H,25,26). The van der Waals surface area contributed by atoms with Gasteiger partial charge in [-0.25, -0.2) is 0 Å². The highest BCUT2D eigenvalue weighted by atomic mass is 19.3. The van der Waals surface area contributed by atoms with Gasteiger partial charge in [-0.1, -0.05) is 12.1 Å². The maximum Gasteiger partial charge on any atom is 0.387 e. The molecule has 2 rings (SSSR count). The normalized spacial score (nSPS) is 17.1. The summed E-state index contributed by atoms with van der Waals surface area (Å²) in [6, 6.07) is 4.82. The van der Waals surface area contributed by atoms with E-state index in [4.69, 9.17) is 5.11 Å². The predicted octanol–water partition coefficient (Wildman–Crippen LogP) is 2.12. The van der Waals surface area contributed by atoms with Crippen molar-refractivity contribution in [2.24, 2.45) is 5.41 Å². The van der Waals surface area contributed by atoms with Crippen LogP contribution in [0.3, 0.4) is 0 Å². The van der Waals surface area contributed by atoms with Crippen molar-refractivity contribution in [2.75, 3.05) is 13.1 Å². The summed E-state index contributed by atoms with van der Waals surface area (Å²) >= 11 is 0. The third-order valence-electron chi connectivity index (χ3n) is 4.43.